The molecule has 0 saturated heterocycles. The van der Waals surface area contributed by atoms with E-state index in [1.54, 1.807) is 18.4 Å². The molecule has 1 aromatic heterocycles. The average molecular weight is 318 g/mol. The van der Waals surface area contributed by atoms with E-state index in [-0.39, 0.29) is 6.61 Å². The van der Waals surface area contributed by atoms with Gasteiger partial charge in [0.15, 0.2) is 0 Å². The van der Waals surface area contributed by atoms with Gasteiger partial charge in [0.25, 0.3) is 0 Å². The van der Waals surface area contributed by atoms with Crippen LogP contribution in [0.3, 0.4) is 0 Å². The summed E-state index contributed by atoms with van der Waals surface area (Å²) >= 11 is 1.77. The number of aliphatic hydroxyl groups excluding tert-OH is 1. The number of aliphatic hydroxyl groups is 1. The van der Waals surface area contributed by atoms with Crippen molar-refractivity contribution in [2.24, 2.45) is 0 Å². The predicted octanol–water partition coefficient (Wildman–Crippen LogP) is 3.02. The second-order valence-corrected chi connectivity index (χ2v) is 6.59. The maximum Gasteiger partial charge on any atom is 0.123 e. The van der Waals surface area contributed by atoms with Gasteiger partial charge in [0.2, 0.25) is 0 Å². The smallest absolute Gasteiger partial charge is 0.123 e. The number of benzene rings is 1. The van der Waals surface area contributed by atoms with Gasteiger partial charge in [-0.05, 0) is 18.9 Å². The Bertz CT molecular complexity index is 610. The van der Waals surface area contributed by atoms with Crippen molar-refractivity contribution in [3.63, 3.8) is 0 Å². The van der Waals surface area contributed by atoms with Gasteiger partial charge >= 0.3 is 0 Å². The molecule has 22 heavy (non-hydrogen) atoms. The number of hydrogen-bond acceptors (Lipinski definition) is 5. The van der Waals surface area contributed by atoms with Crippen molar-refractivity contribution >= 4 is 11.3 Å². The Kier molecular flexibility index (Phi) is 5.08. The Hall–Kier alpha value is -1.43. The molecule has 0 spiro atoms. The van der Waals surface area contributed by atoms with Crippen LogP contribution in [0.15, 0.2) is 29.6 Å². The highest BCUT2D eigenvalue weighted by Gasteiger charge is 2.26. The molecule has 0 aliphatic heterocycles. The number of nitrogens with zero attached hydrogens (tertiary/aromatic N) is 2. The molecule has 1 N–H and O–H groups in total. The minimum atomic E-state index is 0.148. The van der Waals surface area contributed by atoms with Gasteiger partial charge in [-0.1, -0.05) is 18.2 Å². The van der Waals surface area contributed by atoms with Crippen LogP contribution in [-0.2, 0) is 13.1 Å². The van der Waals surface area contributed by atoms with Gasteiger partial charge in [-0.3, -0.25) is 4.90 Å². The van der Waals surface area contributed by atoms with E-state index in [1.165, 1.54) is 17.8 Å². The molecule has 0 radical (unpaired) electrons. The summed E-state index contributed by atoms with van der Waals surface area (Å²) in [6, 6.07) is 8.03. The number of para-hydroxylation sites is 1. The average Bonchev–Trinajstić information content (AvgIpc) is 3.28. The zero-order chi connectivity index (χ0) is 15.4. The monoisotopic (exact) mass is 318 g/mol. The number of hydrogen-bond donors (Lipinski definition) is 1. The molecule has 1 aromatic carbocycles. The minimum absolute atomic E-state index is 0.148. The number of thiazole rings is 1. The Morgan fingerprint density at radius 2 is 2.14 bits per heavy atom. The van der Waals surface area contributed by atoms with Crippen molar-refractivity contribution in [1.29, 1.82) is 0 Å². The van der Waals surface area contributed by atoms with Crippen LogP contribution in [0.4, 0.5) is 0 Å². The van der Waals surface area contributed by atoms with Crippen molar-refractivity contribution in [3.05, 3.63) is 45.9 Å². The number of rotatable bonds is 8. The zero-order valence-electron chi connectivity index (χ0n) is 12.9. The van der Waals surface area contributed by atoms with E-state index < -0.39 is 0 Å². The molecular weight excluding hydrogens is 296 g/mol. The lowest BCUT2D eigenvalue weighted by molar-refractivity contribution is 0.181. The van der Waals surface area contributed by atoms with E-state index in [2.05, 4.69) is 16.3 Å². The Labute approximate surface area is 135 Å². The van der Waals surface area contributed by atoms with Gasteiger partial charge < -0.3 is 9.84 Å². The SMILES string of the molecule is COc1ccccc1CN(CCO)Cc1csc(C2CC2)n1. The van der Waals surface area contributed by atoms with E-state index in [4.69, 9.17) is 9.72 Å². The topological polar surface area (TPSA) is 45.6 Å². The molecule has 1 heterocycles. The van der Waals surface area contributed by atoms with Crippen LogP contribution in [-0.4, -0.2) is 35.3 Å². The van der Waals surface area contributed by atoms with Crippen LogP contribution >= 0.6 is 11.3 Å². The Balaban J connectivity index is 1.68. The molecule has 1 fully saturated rings. The molecule has 1 aliphatic carbocycles. The highest BCUT2D eigenvalue weighted by molar-refractivity contribution is 7.09. The first kappa shape index (κ1) is 15.5. The van der Waals surface area contributed by atoms with Crippen LogP contribution in [0, 0.1) is 0 Å². The lowest BCUT2D eigenvalue weighted by atomic mass is 10.2. The molecule has 0 amide bonds. The maximum absolute atomic E-state index is 9.33. The Morgan fingerprint density at radius 1 is 1.32 bits per heavy atom. The van der Waals surface area contributed by atoms with E-state index >= 15 is 0 Å². The Morgan fingerprint density at radius 3 is 2.86 bits per heavy atom. The van der Waals surface area contributed by atoms with Crippen molar-refractivity contribution in [2.45, 2.75) is 31.8 Å². The second-order valence-electron chi connectivity index (χ2n) is 5.70. The molecule has 118 valence electrons. The quantitative estimate of drug-likeness (QED) is 0.812. The molecule has 4 nitrogen and oxygen atoms in total. The fourth-order valence-corrected chi connectivity index (χ4v) is 3.55. The summed E-state index contributed by atoms with van der Waals surface area (Å²) in [6.45, 7) is 2.30. The lowest BCUT2D eigenvalue weighted by Crippen LogP contribution is -2.26. The van der Waals surface area contributed by atoms with Crippen LogP contribution in [0.2, 0.25) is 0 Å². The standard InChI is InChI=1S/C17H22N2O2S/c1-21-16-5-3-2-4-14(16)10-19(8-9-20)11-15-12-22-17(18-15)13-6-7-13/h2-5,12-13,20H,6-11H2,1H3. The molecule has 2 aromatic rings. The van der Waals surface area contributed by atoms with Crippen LogP contribution in [0.25, 0.3) is 0 Å². The molecule has 0 atom stereocenters. The van der Waals surface area contributed by atoms with E-state index in [1.807, 2.05) is 18.2 Å². The summed E-state index contributed by atoms with van der Waals surface area (Å²) in [5.74, 6) is 1.60. The normalized spacial score (nSPS) is 14.5. The lowest BCUT2D eigenvalue weighted by Gasteiger charge is -2.21. The highest BCUT2D eigenvalue weighted by atomic mass is 32.1. The van der Waals surface area contributed by atoms with Crippen molar-refractivity contribution in [1.82, 2.24) is 9.88 Å². The van der Waals surface area contributed by atoms with Gasteiger partial charge in [-0.2, -0.15) is 0 Å². The summed E-state index contributed by atoms with van der Waals surface area (Å²) in [4.78, 5) is 6.95. The number of aromatic nitrogens is 1. The summed E-state index contributed by atoms with van der Waals surface area (Å²) in [5, 5.41) is 12.8. The summed E-state index contributed by atoms with van der Waals surface area (Å²) in [5.41, 5.74) is 2.24. The van der Waals surface area contributed by atoms with Crippen molar-refractivity contribution in [3.8, 4) is 5.75 Å². The molecule has 1 aliphatic rings. The first-order valence-electron chi connectivity index (χ1n) is 7.69. The fourth-order valence-electron chi connectivity index (χ4n) is 2.57. The summed E-state index contributed by atoms with van der Waals surface area (Å²) < 4.78 is 5.42. The minimum Gasteiger partial charge on any atom is -0.496 e. The third-order valence-corrected chi connectivity index (χ3v) is 4.94. The van der Waals surface area contributed by atoms with E-state index in [9.17, 15) is 5.11 Å². The second kappa shape index (κ2) is 7.22. The van der Waals surface area contributed by atoms with Gasteiger partial charge in [0.1, 0.15) is 5.75 Å². The van der Waals surface area contributed by atoms with E-state index in [0.717, 1.165) is 30.1 Å². The largest absolute Gasteiger partial charge is 0.496 e. The maximum atomic E-state index is 9.33. The first-order chi connectivity index (χ1) is 10.8. The fraction of sp³-hybridized carbons (Fsp3) is 0.471. The van der Waals surface area contributed by atoms with Crippen LogP contribution in [0.1, 0.15) is 35.0 Å². The highest BCUT2D eigenvalue weighted by Crippen LogP contribution is 2.41. The first-order valence-corrected chi connectivity index (χ1v) is 8.57. The molecule has 3 rings (SSSR count). The molecule has 0 unspecified atom stereocenters. The van der Waals surface area contributed by atoms with Gasteiger partial charge in [-0.25, -0.2) is 4.98 Å². The van der Waals surface area contributed by atoms with E-state index in [0.29, 0.717) is 12.5 Å². The third-order valence-electron chi connectivity index (χ3n) is 3.88. The van der Waals surface area contributed by atoms with Crippen LogP contribution in [0.5, 0.6) is 5.75 Å². The molecule has 0 bridgehead atoms. The van der Waals surface area contributed by atoms with Gasteiger partial charge in [-0.15, -0.1) is 11.3 Å². The van der Waals surface area contributed by atoms with Gasteiger partial charge in [0.05, 0.1) is 24.4 Å². The van der Waals surface area contributed by atoms with Crippen molar-refractivity contribution in [2.75, 3.05) is 20.3 Å². The molecule has 5 heteroatoms. The number of ether oxygens (including phenoxy) is 1. The summed E-state index contributed by atoms with van der Waals surface area (Å²) in [6.07, 6.45) is 2.57. The predicted molar refractivity (Wildman–Crippen MR) is 88.3 cm³/mol. The van der Waals surface area contributed by atoms with Crippen LogP contribution < -0.4 is 4.74 Å². The summed E-state index contributed by atoms with van der Waals surface area (Å²) in [7, 11) is 1.69. The van der Waals surface area contributed by atoms with Gasteiger partial charge in [0, 0.05) is 36.5 Å². The third kappa shape index (κ3) is 3.85. The number of methoxy groups -OCH3 is 1. The zero-order valence-corrected chi connectivity index (χ0v) is 13.7. The van der Waals surface area contributed by atoms with Crippen molar-refractivity contribution < 1.29 is 9.84 Å². The molecular formula is C17H22N2O2S. The molecule has 1 saturated carbocycles.